The topological polar surface area (TPSA) is 114 Å². The quantitative estimate of drug-likeness (QED) is 0.264. The highest BCUT2D eigenvalue weighted by atomic mass is 35.5. The van der Waals surface area contributed by atoms with Crippen molar-refractivity contribution in [2.45, 2.75) is 11.3 Å². The number of carbonyl (C=O) groups excluding carboxylic acids is 2. The third-order valence-electron chi connectivity index (χ3n) is 3.81. The molecule has 0 saturated carbocycles. The molecule has 0 spiro atoms. The molecule has 4 N–H and O–H groups in total. The first-order chi connectivity index (χ1) is 14.7. The van der Waals surface area contributed by atoms with Crippen molar-refractivity contribution >= 4 is 58.4 Å². The van der Waals surface area contributed by atoms with Crippen LogP contribution in [-0.2, 0) is 4.79 Å². The van der Waals surface area contributed by atoms with E-state index in [1.807, 2.05) is 0 Å². The minimum absolute atomic E-state index is 0.0781. The maximum Gasteiger partial charge on any atom is 0.290 e. The maximum absolute atomic E-state index is 13.8. The summed E-state index contributed by atoms with van der Waals surface area (Å²) in [5.74, 6) is -2.03. The summed E-state index contributed by atoms with van der Waals surface area (Å²) >= 11 is 8.01. The molecule has 0 aliphatic carbocycles. The summed E-state index contributed by atoms with van der Waals surface area (Å²) in [4.78, 5) is 35.2. The predicted molar refractivity (Wildman–Crippen MR) is 125 cm³/mol. The second-order valence-electron chi connectivity index (χ2n) is 5.99. The molecule has 7 nitrogen and oxygen atoms in total. The van der Waals surface area contributed by atoms with Crippen molar-refractivity contribution in [3.05, 3.63) is 80.3 Å². The zero-order valence-electron chi connectivity index (χ0n) is 16.3. The zero-order chi connectivity index (χ0) is 23.0. The maximum atomic E-state index is 13.8. The first kappa shape index (κ1) is 24.6. The average Bonchev–Trinajstić information content (AvgIpc) is 2.74. The van der Waals surface area contributed by atoms with Gasteiger partial charge in [-0.25, -0.2) is 4.39 Å². The molecule has 31 heavy (non-hydrogen) atoms. The molecule has 0 heterocycles. The van der Waals surface area contributed by atoms with Gasteiger partial charge in [-0.1, -0.05) is 36.0 Å². The van der Waals surface area contributed by atoms with Gasteiger partial charge in [-0.05, 0) is 65.9 Å². The number of nitroso groups, excluding NO2 is 1. The molecule has 0 atom stereocenters. The van der Waals surface area contributed by atoms with Crippen molar-refractivity contribution in [3.63, 3.8) is 0 Å². The third kappa shape index (κ3) is 7.21. The third-order valence-corrected chi connectivity index (χ3v) is 5.71. The van der Waals surface area contributed by atoms with E-state index in [0.717, 1.165) is 22.7 Å². The Hall–Kier alpha value is -2.66. The Balaban J connectivity index is 2.13. The summed E-state index contributed by atoms with van der Waals surface area (Å²) in [7, 11) is 1.75. The van der Waals surface area contributed by atoms with Gasteiger partial charge in [0.1, 0.15) is 5.82 Å². The van der Waals surface area contributed by atoms with Crippen LogP contribution in [0.3, 0.4) is 0 Å². The average molecular weight is 481 g/mol. The van der Waals surface area contributed by atoms with Crippen molar-refractivity contribution < 1.29 is 14.0 Å². The van der Waals surface area contributed by atoms with Crippen LogP contribution in [0.2, 0.25) is 5.02 Å². The summed E-state index contributed by atoms with van der Waals surface area (Å²) in [6.07, 6.45) is -0.347. The minimum atomic E-state index is -0.924. The van der Waals surface area contributed by atoms with Gasteiger partial charge in [0.2, 0.25) is 0 Å². The van der Waals surface area contributed by atoms with Crippen LogP contribution < -0.4 is 15.8 Å². The van der Waals surface area contributed by atoms with Gasteiger partial charge >= 0.3 is 0 Å². The van der Waals surface area contributed by atoms with Gasteiger partial charge in [0.25, 0.3) is 11.8 Å². The summed E-state index contributed by atoms with van der Waals surface area (Å²) in [5.41, 5.74) is 7.38. The molecular weight excluding hydrogens is 463 g/mol. The number of rotatable bonds is 9. The van der Waals surface area contributed by atoms with Crippen LogP contribution in [0.15, 0.2) is 63.5 Å². The van der Waals surface area contributed by atoms with Crippen LogP contribution in [0, 0.1) is 10.7 Å². The number of hydrogen-bond acceptors (Lipinski definition) is 7. The Morgan fingerprint density at radius 1 is 1.26 bits per heavy atom. The van der Waals surface area contributed by atoms with Crippen LogP contribution in [0.25, 0.3) is 5.57 Å². The van der Waals surface area contributed by atoms with Crippen molar-refractivity contribution in [1.29, 1.82) is 0 Å². The molecule has 0 aliphatic rings. The largest absolute Gasteiger partial charge is 0.398 e. The fraction of sp³-hybridized carbons (Fsp3) is 0.100. The molecule has 0 radical (unpaired) electrons. The summed E-state index contributed by atoms with van der Waals surface area (Å²) in [6.45, 7) is 3.76. The van der Waals surface area contributed by atoms with E-state index in [9.17, 15) is 18.9 Å². The van der Waals surface area contributed by atoms with Crippen molar-refractivity contribution in [1.82, 2.24) is 10.0 Å². The summed E-state index contributed by atoms with van der Waals surface area (Å²) < 4.78 is 16.7. The number of amides is 2. The minimum Gasteiger partial charge on any atom is -0.398 e. The molecule has 2 aromatic rings. The smallest absolute Gasteiger partial charge is 0.290 e. The van der Waals surface area contributed by atoms with Crippen LogP contribution in [-0.4, -0.2) is 18.9 Å². The highest BCUT2D eigenvalue weighted by Crippen LogP contribution is 2.28. The fourth-order valence-corrected chi connectivity index (χ4v) is 3.67. The molecule has 2 rings (SSSR count). The molecule has 0 unspecified atom stereocenters. The molecule has 2 aromatic carbocycles. The van der Waals surface area contributed by atoms with E-state index in [4.69, 9.17) is 17.3 Å². The number of hydrogen-bond donors (Lipinski definition) is 3. The number of nitrogens with zero attached hydrogens (tertiary/aromatic N) is 1. The van der Waals surface area contributed by atoms with E-state index in [1.54, 1.807) is 25.2 Å². The van der Waals surface area contributed by atoms with Crippen LogP contribution >= 0.6 is 35.3 Å². The monoisotopic (exact) mass is 480 g/mol. The van der Waals surface area contributed by atoms with Gasteiger partial charge in [-0.3, -0.25) is 14.3 Å². The van der Waals surface area contributed by atoms with Crippen LogP contribution in [0.4, 0.5) is 10.1 Å². The number of carbonyl (C=O) groups is 2. The first-order valence-corrected chi connectivity index (χ1v) is 10.7. The molecular formula is C20H18ClFN4O3S2. The van der Waals surface area contributed by atoms with Crippen LogP contribution in [0.5, 0.6) is 0 Å². The number of nitrogen functional groups attached to an aromatic ring is 1. The Morgan fingerprint density at radius 2 is 1.97 bits per heavy atom. The lowest BCUT2D eigenvalue weighted by Gasteiger charge is -2.10. The number of nitrogens with two attached hydrogens (primary N) is 1. The summed E-state index contributed by atoms with van der Waals surface area (Å²) in [6, 6.07) is 8.86. The van der Waals surface area contributed by atoms with Crippen LogP contribution in [0.1, 0.15) is 22.3 Å². The molecule has 0 saturated heterocycles. The van der Waals surface area contributed by atoms with E-state index >= 15 is 0 Å². The molecule has 2 amide bonds. The van der Waals surface area contributed by atoms with Gasteiger partial charge in [0.15, 0.2) is 0 Å². The standard InChI is InChI=1S/C20H18ClFN4O3S2/c1-11(25-20(28)13-4-6-18(31-24-2)17(23)8-13)30-10-14(9-19(27)26-29)12-3-5-15(21)16(22)7-12/h3-8,10,24H,1,9,23H2,2H3,(H,25,28). The van der Waals surface area contributed by atoms with E-state index in [0.29, 0.717) is 22.4 Å². The normalized spacial score (nSPS) is 11.1. The number of thioether (sulfide) groups is 1. The van der Waals surface area contributed by atoms with Crippen molar-refractivity contribution in [2.24, 2.45) is 5.18 Å². The van der Waals surface area contributed by atoms with E-state index in [2.05, 4.69) is 21.8 Å². The lowest BCUT2D eigenvalue weighted by molar-refractivity contribution is -0.116. The lowest BCUT2D eigenvalue weighted by atomic mass is 10.0. The number of benzene rings is 2. The predicted octanol–water partition coefficient (Wildman–Crippen LogP) is 4.95. The van der Waals surface area contributed by atoms with Gasteiger partial charge in [-0.15, -0.1) is 4.91 Å². The Morgan fingerprint density at radius 3 is 2.58 bits per heavy atom. The molecule has 0 bridgehead atoms. The van der Waals surface area contributed by atoms with Gasteiger partial charge in [-0.2, -0.15) is 0 Å². The number of halogens is 2. The molecule has 0 aliphatic heterocycles. The molecule has 0 fully saturated rings. The molecule has 11 heteroatoms. The fourth-order valence-electron chi connectivity index (χ4n) is 2.37. The second-order valence-corrected chi connectivity index (χ2v) is 8.41. The first-order valence-electron chi connectivity index (χ1n) is 8.65. The van der Waals surface area contributed by atoms with Gasteiger partial charge in [0.05, 0.1) is 16.5 Å². The van der Waals surface area contributed by atoms with Gasteiger partial charge < -0.3 is 11.1 Å². The Kier molecular flexibility index (Phi) is 9.25. The molecule has 0 aromatic heterocycles. The zero-order valence-corrected chi connectivity index (χ0v) is 18.7. The second kappa shape index (κ2) is 11.7. The molecule has 162 valence electrons. The Bertz CT molecular complexity index is 1060. The van der Waals surface area contributed by atoms with Gasteiger partial charge in [0, 0.05) is 21.3 Å². The Labute approximate surface area is 191 Å². The SMILES string of the molecule is C=C(NC(=O)c1ccc(SNC)c(N)c1)SC=C(CC(=O)N=O)c1ccc(Cl)c(F)c1. The van der Waals surface area contributed by atoms with E-state index < -0.39 is 17.6 Å². The highest BCUT2D eigenvalue weighted by molar-refractivity contribution is 8.05. The van der Waals surface area contributed by atoms with Crippen molar-refractivity contribution in [3.8, 4) is 0 Å². The summed E-state index contributed by atoms with van der Waals surface area (Å²) in [5, 5.41) is 6.63. The van der Waals surface area contributed by atoms with E-state index in [-0.39, 0.29) is 16.5 Å². The highest BCUT2D eigenvalue weighted by Gasteiger charge is 2.13. The lowest BCUT2D eigenvalue weighted by Crippen LogP contribution is -2.20. The number of nitrogens with one attached hydrogen (secondary N) is 2. The van der Waals surface area contributed by atoms with E-state index in [1.165, 1.54) is 29.5 Å². The number of anilines is 1. The van der Waals surface area contributed by atoms with Crippen molar-refractivity contribution in [2.75, 3.05) is 12.8 Å².